The quantitative estimate of drug-likeness (QED) is 0.0832. The van der Waals surface area contributed by atoms with E-state index < -0.39 is 42.4 Å². The van der Waals surface area contributed by atoms with Crippen LogP contribution in [0.25, 0.3) is 0 Å². The fourth-order valence-electron chi connectivity index (χ4n) is 9.81. The Balaban J connectivity index is 0.000000273. The molecule has 12 heteroatoms. The van der Waals surface area contributed by atoms with Gasteiger partial charge in [-0.2, -0.15) is 4.40 Å². The van der Waals surface area contributed by atoms with Gasteiger partial charge in [-0.3, -0.25) is 9.59 Å². The molecule has 0 bridgehead atoms. The monoisotopic (exact) mass is 997 g/mol. The number of nitrogens with one attached hydrogen (secondary N) is 1. The van der Waals surface area contributed by atoms with E-state index >= 15 is 0 Å². The Morgan fingerprint density at radius 3 is 1.49 bits per heavy atom. The summed E-state index contributed by atoms with van der Waals surface area (Å²) in [5.41, 5.74) is 3.25. The Labute approximate surface area is 427 Å². The van der Waals surface area contributed by atoms with Crippen molar-refractivity contribution in [2.24, 2.45) is 4.40 Å². The van der Waals surface area contributed by atoms with Crippen molar-refractivity contribution in [2.45, 2.75) is 159 Å². The predicted molar refractivity (Wildman–Crippen MR) is 292 cm³/mol. The van der Waals surface area contributed by atoms with Crippen molar-refractivity contribution >= 4 is 40.0 Å². The highest BCUT2D eigenvalue weighted by atomic mass is 32.2. The van der Waals surface area contributed by atoms with Crippen LogP contribution in [-0.4, -0.2) is 86.1 Å². The molecule has 4 aromatic rings. The molecular weight excluding hydrogens is 913 g/mol. The van der Waals surface area contributed by atoms with Crippen LogP contribution in [0.4, 0.5) is 0 Å². The Bertz CT molecular complexity index is 2270. The van der Waals surface area contributed by atoms with E-state index in [1.807, 2.05) is 147 Å². The molecule has 2 saturated carbocycles. The lowest BCUT2D eigenvalue weighted by Gasteiger charge is -2.54. The minimum Gasteiger partial charge on any atom is -0.497 e. The molecule has 2 amide bonds. The molecule has 0 spiro atoms. The van der Waals surface area contributed by atoms with Gasteiger partial charge in [0.2, 0.25) is 12.3 Å². The summed E-state index contributed by atoms with van der Waals surface area (Å²) in [6.45, 7) is 22.6. The Hall–Kier alpha value is -4.65. The Morgan fingerprint density at radius 2 is 1.09 bits per heavy atom. The lowest BCUT2D eigenvalue weighted by Crippen LogP contribution is -2.68. The van der Waals surface area contributed by atoms with E-state index in [-0.39, 0.29) is 11.3 Å². The first-order valence-electron chi connectivity index (χ1n) is 25.5. The minimum absolute atomic E-state index is 0.0102. The van der Waals surface area contributed by atoms with Crippen molar-refractivity contribution in [1.82, 2.24) is 14.5 Å². The summed E-state index contributed by atoms with van der Waals surface area (Å²) in [7, 11) is 0.564. The molecular formula is C58H84N4O6S2. The third kappa shape index (κ3) is 13.8. The maximum absolute atomic E-state index is 14.8. The number of methoxy groups -OCH3 is 2. The fraction of sp³-hybridized carbons (Fsp3) is 0.534. The number of hydrogen-bond acceptors (Lipinski definition) is 6. The highest BCUT2D eigenvalue weighted by Gasteiger charge is 2.60. The maximum atomic E-state index is 14.8. The highest BCUT2D eigenvalue weighted by molar-refractivity contribution is 7.85. The molecule has 0 saturated heterocycles. The van der Waals surface area contributed by atoms with E-state index in [1.165, 1.54) is 12.0 Å². The zero-order valence-electron chi connectivity index (χ0n) is 44.5. The van der Waals surface area contributed by atoms with Gasteiger partial charge >= 0.3 is 0 Å². The van der Waals surface area contributed by atoms with E-state index in [9.17, 15) is 18.0 Å². The topological polar surface area (TPSA) is 118 Å². The van der Waals surface area contributed by atoms with Gasteiger partial charge in [-0.05, 0) is 141 Å². The maximum Gasteiger partial charge on any atom is 0.249 e. The minimum atomic E-state index is -1.48. The van der Waals surface area contributed by atoms with Gasteiger partial charge in [0.05, 0.1) is 40.4 Å². The van der Waals surface area contributed by atoms with E-state index in [0.29, 0.717) is 13.1 Å². The highest BCUT2D eigenvalue weighted by Crippen LogP contribution is 2.53. The zero-order valence-corrected chi connectivity index (χ0v) is 46.1. The second-order valence-electron chi connectivity index (χ2n) is 20.3. The van der Waals surface area contributed by atoms with Crippen LogP contribution in [0.1, 0.15) is 156 Å². The first-order valence-corrected chi connectivity index (χ1v) is 27.7. The van der Waals surface area contributed by atoms with Crippen molar-refractivity contribution in [1.29, 1.82) is 0 Å². The van der Waals surface area contributed by atoms with Crippen LogP contribution in [0, 0.1) is 0 Å². The smallest absolute Gasteiger partial charge is 0.249 e. The van der Waals surface area contributed by atoms with Crippen molar-refractivity contribution in [3.63, 3.8) is 0 Å². The van der Waals surface area contributed by atoms with E-state index in [2.05, 4.69) is 41.1 Å². The van der Waals surface area contributed by atoms with Crippen LogP contribution in [0.15, 0.2) is 114 Å². The van der Waals surface area contributed by atoms with Gasteiger partial charge in [-0.15, -0.1) is 0 Å². The second kappa shape index (κ2) is 26.7. The fourth-order valence-corrected chi connectivity index (χ4v) is 11.5. The summed E-state index contributed by atoms with van der Waals surface area (Å²) in [5.74, 6) is 1.63. The van der Waals surface area contributed by atoms with Crippen LogP contribution < -0.4 is 14.2 Å². The van der Waals surface area contributed by atoms with E-state index in [1.54, 1.807) is 19.1 Å². The number of carbonyl (C=O) groups is 2. The van der Waals surface area contributed by atoms with Crippen LogP contribution >= 0.6 is 0 Å². The average molecular weight is 997 g/mol. The lowest BCUT2D eigenvalue weighted by molar-refractivity contribution is -0.142. The van der Waals surface area contributed by atoms with Gasteiger partial charge in [0.25, 0.3) is 0 Å². The summed E-state index contributed by atoms with van der Waals surface area (Å²) in [6, 6.07) is 36.8. The number of amides is 2. The number of ether oxygens (including phenoxy) is 2. The normalized spacial score (nSPS) is 17.4. The number of carbonyl (C=O) groups excluding carboxylic acids is 2. The van der Waals surface area contributed by atoms with Crippen molar-refractivity contribution in [2.75, 3.05) is 40.4 Å². The number of rotatable bonds is 17. The second-order valence-corrected chi connectivity index (χ2v) is 24.2. The first kappa shape index (κ1) is 57.9. The van der Waals surface area contributed by atoms with Crippen LogP contribution in [-0.2, 0) is 47.9 Å². The summed E-state index contributed by atoms with van der Waals surface area (Å²) in [4.78, 5) is 28.3. The van der Waals surface area contributed by atoms with Crippen molar-refractivity contribution < 1.29 is 27.5 Å². The first-order chi connectivity index (χ1) is 33.4. The molecule has 1 N–H and O–H groups in total. The van der Waals surface area contributed by atoms with Gasteiger partial charge in [0.1, 0.15) is 28.0 Å². The van der Waals surface area contributed by atoms with Crippen LogP contribution in [0.5, 0.6) is 11.5 Å². The number of likely N-dealkylation sites (N-methyl/N-ethyl adjacent to an activating group) is 1. The summed E-state index contributed by atoms with van der Waals surface area (Å²) in [6.07, 6.45) is 11.3. The molecule has 384 valence electrons. The largest absolute Gasteiger partial charge is 0.497 e. The van der Waals surface area contributed by atoms with Gasteiger partial charge in [-0.1, -0.05) is 123 Å². The molecule has 2 fully saturated rings. The van der Waals surface area contributed by atoms with Gasteiger partial charge < -0.3 is 19.3 Å². The predicted octanol–water partition coefficient (Wildman–Crippen LogP) is 12.0. The van der Waals surface area contributed by atoms with Gasteiger partial charge in [-0.25, -0.2) is 13.1 Å². The Kier molecular flexibility index (Phi) is 22.1. The van der Waals surface area contributed by atoms with E-state index in [4.69, 9.17) is 13.9 Å². The van der Waals surface area contributed by atoms with E-state index in [0.717, 1.165) is 111 Å². The molecule has 3 atom stereocenters. The SMILES string of the molecule is CCN(C=O)CC.CCN(CC)C(=O)[C@](N[S@@](=O)C(C)(C)C)(c1ccccc1)C1(c2ccc(OC)cc2)CCCCC1.COc1ccc(C2(C(=N[S@@](=O)C(C)(C)C)c3ccccc3)CCCCC2)cc1. The molecule has 0 unspecified atom stereocenters. The average Bonchev–Trinajstić information content (AvgIpc) is 3.38. The number of hydrogen-bond donors (Lipinski definition) is 1. The third-order valence-corrected chi connectivity index (χ3v) is 17.0. The van der Waals surface area contributed by atoms with Gasteiger partial charge in [0.15, 0.2) is 0 Å². The number of benzene rings is 4. The van der Waals surface area contributed by atoms with Crippen molar-refractivity contribution in [3.05, 3.63) is 131 Å². The molecule has 0 aromatic heterocycles. The Morgan fingerprint density at radius 1 is 0.629 bits per heavy atom. The zero-order chi connectivity index (χ0) is 51.6. The molecule has 0 aliphatic heterocycles. The van der Waals surface area contributed by atoms with Crippen molar-refractivity contribution in [3.8, 4) is 11.5 Å². The molecule has 70 heavy (non-hydrogen) atoms. The molecule has 0 heterocycles. The molecule has 4 aromatic carbocycles. The molecule has 10 nitrogen and oxygen atoms in total. The summed E-state index contributed by atoms with van der Waals surface area (Å²) >= 11 is 0. The molecule has 2 aliphatic rings. The van der Waals surface area contributed by atoms with Crippen LogP contribution in [0.2, 0.25) is 0 Å². The third-order valence-electron chi connectivity index (χ3n) is 14.0. The molecule has 6 rings (SSSR count). The number of nitrogens with zero attached hydrogens (tertiary/aromatic N) is 3. The van der Waals surface area contributed by atoms with Gasteiger partial charge in [0, 0.05) is 37.0 Å². The summed E-state index contributed by atoms with van der Waals surface area (Å²) in [5, 5.41) is 0. The lowest BCUT2D eigenvalue weighted by atomic mass is 9.55. The van der Waals surface area contributed by atoms with Crippen LogP contribution in [0.3, 0.4) is 0 Å². The molecule has 2 aliphatic carbocycles. The standard InChI is InChI=1S/C29H42N2O3S.C24H31NO2S.C5H11NO/c1-7-31(8-2)26(32)29(24-15-11-9-12-16-24,30-35(33)27(3,4)5)28(21-13-10-14-22-28)23-17-19-25(34-6)20-18-23;1-23(2,3)28(26)25-22(19-11-7-5-8-12-19)24(17-9-6-10-18-24)20-13-15-21(27-4)16-14-20;1-3-6(4-2)5-7/h9,11-12,15-20,30H,7-8,10,13-14,21-22H2,1-6H3;5,7-8,11-16H,6,9-10,17-18H2,1-4H3;5H,3-4H2,1-2H3/t29-,35+;28-;/m10./s1. The summed E-state index contributed by atoms with van der Waals surface area (Å²) < 4.78 is 45.2. The molecule has 0 radical (unpaired) electrons.